The molecule has 0 bridgehead atoms. The lowest BCUT2D eigenvalue weighted by atomic mass is 10.3. The smallest absolute Gasteiger partial charge is 0.229 e. The van der Waals surface area contributed by atoms with Crippen LogP contribution in [0.15, 0.2) is 5.38 Å². The van der Waals surface area contributed by atoms with Gasteiger partial charge in [-0.3, -0.25) is 4.79 Å². The van der Waals surface area contributed by atoms with Crippen LogP contribution in [-0.4, -0.2) is 10.9 Å². The maximum Gasteiger partial charge on any atom is 0.229 e. The second-order valence-electron chi connectivity index (χ2n) is 3.63. The molecule has 1 aliphatic rings. The van der Waals surface area contributed by atoms with Gasteiger partial charge in [-0.1, -0.05) is 0 Å². The molecule has 1 heterocycles. The number of carbonyl (C=O) groups is 1. The second-order valence-corrected chi connectivity index (χ2v) is 4.49. The molecule has 1 atom stereocenters. The van der Waals surface area contributed by atoms with Gasteiger partial charge in [0.2, 0.25) is 5.91 Å². The Balaban J connectivity index is 1.98. The molecule has 1 fully saturated rings. The molecule has 1 unspecified atom stereocenters. The van der Waals surface area contributed by atoms with E-state index in [0.717, 1.165) is 18.5 Å². The van der Waals surface area contributed by atoms with E-state index in [0.29, 0.717) is 5.13 Å². The van der Waals surface area contributed by atoms with Gasteiger partial charge in [-0.25, -0.2) is 4.98 Å². The van der Waals surface area contributed by atoms with Crippen molar-refractivity contribution in [3.8, 4) is 0 Å². The molecular weight excluding hydrogens is 198 g/mol. The molecule has 1 saturated carbocycles. The second kappa shape index (κ2) is 3.67. The van der Waals surface area contributed by atoms with Gasteiger partial charge in [-0.15, -0.1) is 11.3 Å². The molecular formula is C9H13N3OS. The summed E-state index contributed by atoms with van der Waals surface area (Å²) in [6.45, 7) is 1.88. The van der Waals surface area contributed by atoms with Crippen molar-refractivity contribution in [3.63, 3.8) is 0 Å². The van der Waals surface area contributed by atoms with E-state index in [1.165, 1.54) is 11.3 Å². The highest BCUT2D eigenvalue weighted by Crippen LogP contribution is 2.30. The van der Waals surface area contributed by atoms with Crippen molar-refractivity contribution >= 4 is 22.4 Å². The van der Waals surface area contributed by atoms with Gasteiger partial charge in [0.25, 0.3) is 0 Å². The summed E-state index contributed by atoms with van der Waals surface area (Å²) in [6.07, 6.45) is 2.02. The lowest BCUT2D eigenvalue weighted by Crippen LogP contribution is -2.13. The Labute approximate surface area is 86.5 Å². The quantitative estimate of drug-likeness (QED) is 0.796. The van der Waals surface area contributed by atoms with Gasteiger partial charge in [0.15, 0.2) is 5.13 Å². The van der Waals surface area contributed by atoms with Gasteiger partial charge in [0, 0.05) is 17.3 Å². The zero-order chi connectivity index (χ0) is 10.1. The number of nitrogens with zero attached hydrogens (tertiary/aromatic N) is 1. The summed E-state index contributed by atoms with van der Waals surface area (Å²) in [6, 6.07) is -0.0715. The van der Waals surface area contributed by atoms with Crippen molar-refractivity contribution < 1.29 is 4.79 Å². The first-order valence-electron chi connectivity index (χ1n) is 4.68. The summed E-state index contributed by atoms with van der Waals surface area (Å²) in [4.78, 5) is 15.6. The predicted octanol–water partition coefficient (Wildman–Crippen LogP) is 1.51. The molecule has 76 valence electrons. The highest BCUT2D eigenvalue weighted by Gasteiger charge is 2.30. The monoisotopic (exact) mass is 211 g/mol. The van der Waals surface area contributed by atoms with Gasteiger partial charge in [0.05, 0.1) is 5.69 Å². The van der Waals surface area contributed by atoms with Crippen LogP contribution in [0.5, 0.6) is 0 Å². The lowest BCUT2D eigenvalue weighted by Gasteiger charge is -1.99. The van der Waals surface area contributed by atoms with E-state index < -0.39 is 0 Å². The molecule has 14 heavy (non-hydrogen) atoms. The number of hydrogen-bond acceptors (Lipinski definition) is 4. The summed E-state index contributed by atoms with van der Waals surface area (Å²) in [5.74, 6) is 0.313. The first kappa shape index (κ1) is 9.61. The fourth-order valence-corrected chi connectivity index (χ4v) is 1.92. The molecule has 4 nitrogen and oxygen atoms in total. The SMILES string of the molecule is CC(N)c1csc(NC(=O)C2CC2)n1. The molecule has 3 N–H and O–H groups in total. The zero-order valence-electron chi connectivity index (χ0n) is 7.99. The van der Waals surface area contributed by atoms with Crippen molar-refractivity contribution in [1.82, 2.24) is 4.98 Å². The molecule has 0 saturated heterocycles. The van der Waals surface area contributed by atoms with E-state index in [9.17, 15) is 4.79 Å². The van der Waals surface area contributed by atoms with Crippen LogP contribution in [0.4, 0.5) is 5.13 Å². The van der Waals surface area contributed by atoms with Crippen LogP contribution in [0.3, 0.4) is 0 Å². The minimum atomic E-state index is -0.0715. The molecule has 0 aliphatic heterocycles. The predicted molar refractivity (Wildman–Crippen MR) is 56.1 cm³/mol. The fraction of sp³-hybridized carbons (Fsp3) is 0.556. The van der Waals surface area contributed by atoms with Crippen LogP contribution in [0, 0.1) is 5.92 Å². The Morgan fingerprint density at radius 2 is 2.50 bits per heavy atom. The van der Waals surface area contributed by atoms with Gasteiger partial charge >= 0.3 is 0 Å². The number of nitrogens with one attached hydrogen (secondary N) is 1. The van der Waals surface area contributed by atoms with Crippen LogP contribution in [0.1, 0.15) is 31.5 Å². The first-order valence-corrected chi connectivity index (χ1v) is 5.56. The van der Waals surface area contributed by atoms with Crippen LogP contribution in [0.2, 0.25) is 0 Å². The molecule has 1 aliphatic carbocycles. The van der Waals surface area contributed by atoms with Crippen molar-refractivity contribution in [2.45, 2.75) is 25.8 Å². The van der Waals surface area contributed by atoms with Crippen molar-refractivity contribution in [2.75, 3.05) is 5.32 Å². The van der Waals surface area contributed by atoms with Gasteiger partial charge in [-0.2, -0.15) is 0 Å². The fourth-order valence-electron chi connectivity index (χ4n) is 1.11. The minimum Gasteiger partial charge on any atom is -0.323 e. The van der Waals surface area contributed by atoms with Gasteiger partial charge in [-0.05, 0) is 19.8 Å². The summed E-state index contributed by atoms with van der Waals surface area (Å²) < 4.78 is 0. The molecule has 0 radical (unpaired) electrons. The number of nitrogens with two attached hydrogens (primary N) is 1. The van der Waals surface area contributed by atoms with Crippen molar-refractivity contribution in [2.24, 2.45) is 11.7 Å². The third kappa shape index (κ3) is 2.10. The summed E-state index contributed by atoms with van der Waals surface area (Å²) in [5, 5.41) is 5.34. The average molecular weight is 211 g/mol. The summed E-state index contributed by atoms with van der Waals surface area (Å²) in [5.41, 5.74) is 6.50. The number of rotatable bonds is 3. The van der Waals surface area contributed by atoms with E-state index in [1.54, 1.807) is 0 Å². The van der Waals surface area contributed by atoms with Crippen molar-refractivity contribution in [3.05, 3.63) is 11.1 Å². The number of thiazole rings is 1. The Hall–Kier alpha value is -0.940. The van der Waals surface area contributed by atoms with Crippen LogP contribution >= 0.6 is 11.3 Å². The van der Waals surface area contributed by atoms with E-state index in [4.69, 9.17) is 5.73 Å². The largest absolute Gasteiger partial charge is 0.323 e. The van der Waals surface area contributed by atoms with Gasteiger partial charge < -0.3 is 11.1 Å². The molecule has 1 amide bonds. The number of carbonyl (C=O) groups excluding carboxylic acids is 1. The third-order valence-electron chi connectivity index (χ3n) is 2.17. The Bertz CT molecular complexity index is 344. The maximum atomic E-state index is 11.4. The molecule has 1 aromatic rings. The summed E-state index contributed by atoms with van der Waals surface area (Å²) >= 11 is 1.43. The molecule has 0 spiro atoms. The lowest BCUT2D eigenvalue weighted by molar-refractivity contribution is -0.117. The minimum absolute atomic E-state index is 0.0715. The van der Waals surface area contributed by atoms with Gasteiger partial charge in [0.1, 0.15) is 0 Å². The molecule has 1 aromatic heterocycles. The zero-order valence-corrected chi connectivity index (χ0v) is 8.80. The van der Waals surface area contributed by atoms with E-state index >= 15 is 0 Å². The Morgan fingerprint density at radius 3 is 3.00 bits per heavy atom. The van der Waals surface area contributed by atoms with Crippen LogP contribution in [0.25, 0.3) is 0 Å². The first-order chi connectivity index (χ1) is 6.66. The maximum absolute atomic E-state index is 11.4. The number of aromatic nitrogens is 1. The molecule has 0 aromatic carbocycles. The van der Waals surface area contributed by atoms with Crippen LogP contribution in [-0.2, 0) is 4.79 Å². The van der Waals surface area contributed by atoms with Crippen molar-refractivity contribution in [1.29, 1.82) is 0 Å². The average Bonchev–Trinajstić information content (AvgIpc) is 2.87. The van der Waals surface area contributed by atoms with E-state index in [2.05, 4.69) is 10.3 Å². The standard InChI is InChI=1S/C9H13N3OS/c1-5(10)7-4-14-9(11-7)12-8(13)6-2-3-6/h4-6H,2-3,10H2,1H3,(H,11,12,13). The third-order valence-corrected chi connectivity index (χ3v) is 2.94. The summed E-state index contributed by atoms with van der Waals surface area (Å²) in [7, 11) is 0. The number of hydrogen-bond donors (Lipinski definition) is 2. The highest BCUT2D eigenvalue weighted by atomic mass is 32.1. The molecule has 5 heteroatoms. The Kier molecular flexibility index (Phi) is 2.52. The van der Waals surface area contributed by atoms with Crippen LogP contribution < -0.4 is 11.1 Å². The molecule has 2 rings (SSSR count). The highest BCUT2D eigenvalue weighted by molar-refractivity contribution is 7.13. The van der Waals surface area contributed by atoms with E-state index in [1.807, 2.05) is 12.3 Å². The number of anilines is 1. The normalized spacial score (nSPS) is 17.9. The van der Waals surface area contributed by atoms with E-state index in [-0.39, 0.29) is 17.9 Å². The topological polar surface area (TPSA) is 68.0 Å². The number of amides is 1. The Morgan fingerprint density at radius 1 is 1.79 bits per heavy atom.